The topological polar surface area (TPSA) is 36.4 Å². The molecule has 0 radical (unpaired) electrons. The maximum Gasteiger partial charge on any atom is 0.128 e. The average molecular weight is 246 g/mol. The average Bonchev–Trinajstić information content (AvgIpc) is 2.41. The highest BCUT2D eigenvalue weighted by atomic mass is 19.1. The number of hydrogen-bond donors (Lipinski definition) is 1. The molecule has 0 saturated carbocycles. The van der Waals surface area contributed by atoms with Gasteiger partial charge in [-0.05, 0) is 12.1 Å². The molecule has 0 bridgehead atoms. The molecule has 1 aromatic carbocycles. The lowest BCUT2D eigenvalue weighted by Crippen LogP contribution is -2.19. The molecule has 2 aromatic rings. The Morgan fingerprint density at radius 1 is 1.22 bits per heavy atom. The van der Waals surface area contributed by atoms with Crippen molar-refractivity contribution in [3.8, 4) is 0 Å². The highest BCUT2D eigenvalue weighted by Crippen LogP contribution is 2.20. The quantitative estimate of drug-likeness (QED) is 0.899. The minimum Gasteiger partial charge on any atom is -0.392 e. The zero-order chi connectivity index (χ0) is 13.0. The van der Waals surface area contributed by atoms with E-state index in [2.05, 4.69) is 4.98 Å². The molecule has 18 heavy (non-hydrogen) atoms. The van der Waals surface area contributed by atoms with Gasteiger partial charge in [-0.15, -0.1) is 0 Å². The van der Waals surface area contributed by atoms with Crippen molar-refractivity contribution < 1.29 is 9.50 Å². The maximum absolute atomic E-state index is 13.6. The summed E-state index contributed by atoms with van der Waals surface area (Å²) in [7, 11) is 1.85. The maximum atomic E-state index is 13.6. The number of aliphatic hydroxyl groups excluding tert-OH is 1. The first-order valence-electron chi connectivity index (χ1n) is 5.70. The molecule has 0 atom stereocenters. The van der Waals surface area contributed by atoms with E-state index in [4.69, 9.17) is 0 Å². The van der Waals surface area contributed by atoms with Gasteiger partial charge in [0.15, 0.2) is 0 Å². The number of hydrogen-bond acceptors (Lipinski definition) is 3. The van der Waals surface area contributed by atoms with Crippen LogP contribution in [-0.4, -0.2) is 17.1 Å². The van der Waals surface area contributed by atoms with Crippen LogP contribution in [0.2, 0.25) is 0 Å². The molecule has 0 fully saturated rings. The second-order valence-electron chi connectivity index (χ2n) is 4.11. The standard InChI is InChI=1S/C14H15FN2O/c1-17(9-11-4-2-3-5-13(11)15)14-8-16-7-6-12(14)10-18/h2-8,18H,9-10H2,1H3. The smallest absolute Gasteiger partial charge is 0.128 e. The van der Waals surface area contributed by atoms with Crippen LogP contribution in [0, 0.1) is 5.82 Å². The number of nitrogens with zero attached hydrogens (tertiary/aromatic N) is 2. The largest absolute Gasteiger partial charge is 0.392 e. The van der Waals surface area contributed by atoms with Crippen molar-refractivity contribution in [2.75, 3.05) is 11.9 Å². The molecule has 0 spiro atoms. The molecule has 1 heterocycles. The van der Waals surface area contributed by atoms with E-state index in [1.54, 1.807) is 30.6 Å². The molecule has 2 rings (SSSR count). The molecule has 0 amide bonds. The van der Waals surface area contributed by atoms with Gasteiger partial charge in [-0.1, -0.05) is 18.2 Å². The van der Waals surface area contributed by atoms with E-state index in [1.807, 2.05) is 18.0 Å². The Morgan fingerprint density at radius 3 is 2.72 bits per heavy atom. The lowest BCUT2D eigenvalue weighted by atomic mass is 10.1. The van der Waals surface area contributed by atoms with Crippen LogP contribution in [0.1, 0.15) is 11.1 Å². The Balaban J connectivity index is 2.22. The third kappa shape index (κ3) is 2.65. The van der Waals surface area contributed by atoms with Crippen molar-refractivity contribution in [3.05, 3.63) is 59.7 Å². The summed E-state index contributed by atoms with van der Waals surface area (Å²) in [4.78, 5) is 5.90. The van der Waals surface area contributed by atoms with Gasteiger partial charge < -0.3 is 10.0 Å². The number of benzene rings is 1. The number of halogens is 1. The van der Waals surface area contributed by atoms with Crippen LogP contribution < -0.4 is 4.90 Å². The lowest BCUT2D eigenvalue weighted by molar-refractivity contribution is 0.282. The summed E-state index contributed by atoms with van der Waals surface area (Å²) in [6, 6.07) is 8.43. The van der Waals surface area contributed by atoms with Crippen molar-refractivity contribution >= 4 is 5.69 Å². The minimum absolute atomic E-state index is 0.0561. The van der Waals surface area contributed by atoms with Gasteiger partial charge >= 0.3 is 0 Å². The van der Waals surface area contributed by atoms with Gasteiger partial charge in [-0.2, -0.15) is 0 Å². The Labute approximate surface area is 106 Å². The van der Waals surface area contributed by atoms with E-state index >= 15 is 0 Å². The number of pyridine rings is 1. The molecule has 1 aromatic heterocycles. The summed E-state index contributed by atoms with van der Waals surface area (Å²) < 4.78 is 13.6. The fraction of sp³-hybridized carbons (Fsp3) is 0.214. The van der Waals surface area contributed by atoms with Crippen LogP contribution in [0.4, 0.5) is 10.1 Å². The Morgan fingerprint density at radius 2 is 2.00 bits per heavy atom. The Bertz CT molecular complexity index is 531. The lowest BCUT2D eigenvalue weighted by Gasteiger charge is -2.21. The second kappa shape index (κ2) is 5.60. The van der Waals surface area contributed by atoms with Crippen molar-refractivity contribution in [1.82, 2.24) is 4.98 Å². The molecular formula is C14H15FN2O. The van der Waals surface area contributed by atoms with Crippen LogP contribution >= 0.6 is 0 Å². The van der Waals surface area contributed by atoms with Crippen molar-refractivity contribution in [2.24, 2.45) is 0 Å². The fourth-order valence-corrected chi connectivity index (χ4v) is 1.86. The summed E-state index contributed by atoms with van der Waals surface area (Å²) in [6.45, 7) is 0.380. The number of rotatable bonds is 4. The van der Waals surface area contributed by atoms with Crippen LogP contribution in [0.25, 0.3) is 0 Å². The first-order chi connectivity index (χ1) is 8.72. The van der Waals surface area contributed by atoms with Crippen LogP contribution in [0.15, 0.2) is 42.7 Å². The van der Waals surface area contributed by atoms with E-state index in [-0.39, 0.29) is 12.4 Å². The first-order valence-corrected chi connectivity index (χ1v) is 5.70. The SMILES string of the molecule is CN(Cc1ccccc1F)c1cnccc1CO. The summed E-state index contributed by atoms with van der Waals surface area (Å²) in [6.07, 6.45) is 3.30. The van der Waals surface area contributed by atoms with Crippen LogP contribution in [0.3, 0.4) is 0 Å². The Hall–Kier alpha value is -1.94. The predicted molar refractivity (Wildman–Crippen MR) is 68.7 cm³/mol. The van der Waals surface area contributed by atoms with E-state index in [1.165, 1.54) is 6.07 Å². The predicted octanol–water partition coefficient (Wildman–Crippen LogP) is 2.35. The minimum atomic E-state index is -0.223. The van der Waals surface area contributed by atoms with Crippen molar-refractivity contribution in [2.45, 2.75) is 13.2 Å². The molecule has 1 N–H and O–H groups in total. The molecule has 0 saturated heterocycles. The van der Waals surface area contributed by atoms with Gasteiger partial charge in [0, 0.05) is 30.9 Å². The Kier molecular flexibility index (Phi) is 3.89. The highest BCUT2D eigenvalue weighted by molar-refractivity contribution is 5.51. The van der Waals surface area contributed by atoms with Crippen LogP contribution in [-0.2, 0) is 13.2 Å². The second-order valence-corrected chi connectivity index (χ2v) is 4.11. The number of anilines is 1. The molecule has 3 nitrogen and oxygen atoms in total. The zero-order valence-corrected chi connectivity index (χ0v) is 10.2. The van der Waals surface area contributed by atoms with Gasteiger partial charge in [0.25, 0.3) is 0 Å². The van der Waals surface area contributed by atoms with Gasteiger partial charge in [0.1, 0.15) is 5.82 Å². The molecule has 4 heteroatoms. The van der Waals surface area contributed by atoms with Gasteiger partial charge in [-0.25, -0.2) is 4.39 Å². The summed E-state index contributed by atoms with van der Waals surface area (Å²) in [5.41, 5.74) is 2.21. The molecule has 0 aliphatic heterocycles. The van der Waals surface area contributed by atoms with Crippen molar-refractivity contribution in [1.29, 1.82) is 0 Å². The zero-order valence-electron chi connectivity index (χ0n) is 10.2. The molecule has 0 aliphatic rings. The first kappa shape index (κ1) is 12.5. The van der Waals surface area contributed by atoms with E-state index in [9.17, 15) is 9.50 Å². The molecule has 94 valence electrons. The summed E-state index contributed by atoms with van der Waals surface area (Å²) in [5.74, 6) is -0.223. The van der Waals surface area contributed by atoms with Gasteiger partial charge in [-0.3, -0.25) is 4.98 Å². The van der Waals surface area contributed by atoms with E-state index in [0.29, 0.717) is 12.1 Å². The molecular weight excluding hydrogens is 231 g/mol. The third-order valence-electron chi connectivity index (χ3n) is 2.83. The monoisotopic (exact) mass is 246 g/mol. The fourth-order valence-electron chi connectivity index (χ4n) is 1.86. The summed E-state index contributed by atoms with van der Waals surface area (Å²) in [5, 5.41) is 9.26. The summed E-state index contributed by atoms with van der Waals surface area (Å²) >= 11 is 0. The van der Waals surface area contributed by atoms with E-state index < -0.39 is 0 Å². The number of aromatic nitrogens is 1. The van der Waals surface area contributed by atoms with Gasteiger partial charge in [0.05, 0.1) is 18.5 Å². The van der Waals surface area contributed by atoms with Gasteiger partial charge in [0.2, 0.25) is 0 Å². The van der Waals surface area contributed by atoms with E-state index in [0.717, 1.165) is 11.3 Å². The van der Waals surface area contributed by atoms with Crippen molar-refractivity contribution in [3.63, 3.8) is 0 Å². The molecule has 0 unspecified atom stereocenters. The number of aliphatic hydroxyl groups is 1. The normalized spacial score (nSPS) is 10.4. The van der Waals surface area contributed by atoms with Crippen LogP contribution in [0.5, 0.6) is 0 Å². The third-order valence-corrected chi connectivity index (χ3v) is 2.83. The highest BCUT2D eigenvalue weighted by Gasteiger charge is 2.09. The molecule has 0 aliphatic carbocycles.